The number of imide groups is 1. The van der Waals surface area contributed by atoms with Gasteiger partial charge in [-0.05, 0) is 36.2 Å². The summed E-state index contributed by atoms with van der Waals surface area (Å²) in [5.74, 6) is -0.434. The van der Waals surface area contributed by atoms with Gasteiger partial charge in [0.05, 0.1) is 11.3 Å². The molecule has 0 spiro atoms. The number of fused-ring (bicyclic) bond motifs is 1. The Labute approximate surface area is 167 Å². The predicted molar refractivity (Wildman–Crippen MR) is 110 cm³/mol. The summed E-state index contributed by atoms with van der Waals surface area (Å²) in [5.41, 5.74) is 0.524. The maximum atomic E-state index is 12.4. The summed E-state index contributed by atoms with van der Waals surface area (Å²) in [6, 6.07) is 5.22. The molecule has 0 aliphatic rings. The Kier molecular flexibility index (Phi) is 6.64. The van der Waals surface area contributed by atoms with Gasteiger partial charge in [-0.2, -0.15) is 0 Å². The molecule has 0 unspecified atom stereocenters. The molecule has 7 nitrogen and oxygen atoms in total. The Balaban J connectivity index is 1.52. The lowest BCUT2D eigenvalue weighted by Crippen LogP contribution is -2.41. The fourth-order valence-electron chi connectivity index (χ4n) is 2.40. The standard InChI is InChI=1S/C17H18N4O3S3/c1-2-21-15(23)14-12(6-9-26-14)19-17(21)27-10-13(22)20-16(24)18-7-5-11-4-3-8-25-11/h3-4,6,8-9H,2,5,7,10H2,1H3,(H2,18,20,22,24). The van der Waals surface area contributed by atoms with Crippen LogP contribution in [0.3, 0.4) is 0 Å². The summed E-state index contributed by atoms with van der Waals surface area (Å²) in [7, 11) is 0. The van der Waals surface area contributed by atoms with E-state index in [9.17, 15) is 14.4 Å². The molecule has 0 atom stereocenters. The number of nitrogens with one attached hydrogen (secondary N) is 2. The van der Waals surface area contributed by atoms with Crippen LogP contribution in [0.4, 0.5) is 4.79 Å². The van der Waals surface area contributed by atoms with E-state index < -0.39 is 11.9 Å². The van der Waals surface area contributed by atoms with Crippen molar-refractivity contribution in [3.05, 3.63) is 44.2 Å². The third-order valence-corrected chi connectivity index (χ3v) is 6.47. The summed E-state index contributed by atoms with van der Waals surface area (Å²) in [6.45, 7) is 2.78. The lowest BCUT2D eigenvalue weighted by molar-refractivity contribution is -0.117. The molecule has 0 radical (unpaired) electrons. The molecule has 3 amide bonds. The average Bonchev–Trinajstić information content (AvgIpc) is 3.31. The zero-order chi connectivity index (χ0) is 19.2. The third kappa shape index (κ3) is 4.96. The molecule has 0 aliphatic carbocycles. The minimum Gasteiger partial charge on any atom is -0.337 e. The van der Waals surface area contributed by atoms with Gasteiger partial charge in [0.15, 0.2) is 5.16 Å². The summed E-state index contributed by atoms with van der Waals surface area (Å²) in [5, 5.41) is 9.23. The molecule has 3 rings (SSSR count). The van der Waals surface area contributed by atoms with Crippen LogP contribution in [0, 0.1) is 0 Å². The van der Waals surface area contributed by atoms with Gasteiger partial charge in [-0.3, -0.25) is 19.5 Å². The molecule has 0 fully saturated rings. The van der Waals surface area contributed by atoms with Crippen LogP contribution in [0.15, 0.2) is 38.9 Å². The summed E-state index contributed by atoms with van der Waals surface area (Å²) in [6.07, 6.45) is 0.724. The summed E-state index contributed by atoms with van der Waals surface area (Å²) in [4.78, 5) is 41.9. The zero-order valence-electron chi connectivity index (χ0n) is 14.6. The molecular formula is C17H18N4O3S3. The molecule has 0 saturated heterocycles. The second-order valence-electron chi connectivity index (χ2n) is 5.50. The van der Waals surface area contributed by atoms with E-state index in [1.165, 1.54) is 20.8 Å². The first-order valence-corrected chi connectivity index (χ1v) is 11.0. The van der Waals surface area contributed by atoms with E-state index >= 15 is 0 Å². The van der Waals surface area contributed by atoms with Crippen molar-refractivity contribution in [2.45, 2.75) is 25.0 Å². The number of aromatic nitrogens is 2. The van der Waals surface area contributed by atoms with Crippen LogP contribution in [-0.4, -0.2) is 33.8 Å². The van der Waals surface area contributed by atoms with Crippen molar-refractivity contribution in [2.24, 2.45) is 0 Å². The van der Waals surface area contributed by atoms with E-state index in [1.807, 2.05) is 29.8 Å². The van der Waals surface area contributed by atoms with Crippen LogP contribution in [0.5, 0.6) is 0 Å². The van der Waals surface area contributed by atoms with Gasteiger partial charge in [0.2, 0.25) is 5.91 Å². The Bertz CT molecular complexity index is 995. The van der Waals surface area contributed by atoms with Crippen LogP contribution in [-0.2, 0) is 17.8 Å². The number of hydrogen-bond acceptors (Lipinski definition) is 7. The molecule has 0 bridgehead atoms. The van der Waals surface area contributed by atoms with Crippen molar-refractivity contribution in [2.75, 3.05) is 12.3 Å². The molecule has 27 heavy (non-hydrogen) atoms. The number of nitrogens with zero attached hydrogens (tertiary/aromatic N) is 2. The molecular weight excluding hydrogens is 404 g/mol. The molecule has 0 saturated carbocycles. The maximum absolute atomic E-state index is 12.4. The topological polar surface area (TPSA) is 93.1 Å². The van der Waals surface area contributed by atoms with Gasteiger partial charge in [0, 0.05) is 18.0 Å². The van der Waals surface area contributed by atoms with Crippen LogP contribution in [0.2, 0.25) is 0 Å². The van der Waals surface area contributed by atoms with Gasteiger partial charge < -0.3 is 5.32 Å². The second kappa shape index (κ2) is 9.16. The average molecular weight is 423 g/mol. The Hall–Kier alpha value is -2.17. The molecule has 3 aromatic heterocycles. The summed E-state index contributed by atoms with van der Waals surface area (Å²) >= 11 is 4.12. The van der Waals surface area contributed by atoms with Crippen LogP contribution >= 0.6 is 34.4 Å². The first kappa shape index (κ1) is 19.6. The monoisotopic (exact) mass is 422 g/mol. The molecule has 0 aromatic carbocycles. The van der Waals surface area contributed by atoms with Crippen molar-refractivity contribution in [1.82, 2.24) is 20.2 Å². The predicted octanol–water partition coefficient (Wildman–Crippen LogP) is 2.70. The highest BCUT2D eigenvalue weighted by Crippen LogP contribution is 2.20. The minimum absolute atomic E-state index is 0.000425. The normalized spacial score (nSPS) is 10.9. The van der Waals surface area contributed by atoms with Crippen molar-refractivity contribution in [3.8, 4) is 0 Å². The number of hydrogen-bond donors (Lipinski definition) is 2. The molecule has 3 aromatic rings. The highest BCUT2D eigenvalue weighted by molar-refractivity contribution is 7.99. The number of thiophene rings is 2. The minimum atomic E-state index is -0.522. The second-order valence-corrected chi connectivity index (χ2v) is 8.39. The van der Waals surface area contributed by atoms with Crippen molar-refractivity contribution >= 4 is 56.6 Å². The highest BCUT2D eigenvalue weighted by atomic mass is 32.2. The van der Waals surface area contributed by atoms with Gasteiger partial charge in [0.1, 0.15) is 4.70 Å². The molecule has 10 heteroatoms. The van der Waals surface area contributed by atoms with Crippen LogP contribution in [0.25, 0.3) is 10.2 Å². The van der Waals surface area contributed by atoms with E-state index in [0.717, 1.165) is 18.2 Å². The first-order chi connectivity index (χ1) is 13.1. The Morgan fingerprint density at radius 1 is 1.26 bits per heavy atom. The molecule has 3 heterocycles. The maximum Gasteiger partial charge on any atom is 0.321 e. The number of carbonyl (C=O) groups is 2. The largest absolute Gasteiger partial charge is 0.337 e. The number of rotatable bonds is 7. The van der Waals surface area contributed by atoms with E-state index in [1.54, 1.807) is 17.4 Å². The number of urea groups is 1. The SMILES string of the molecule is CCn1c(SCC(=O)NC(=O)NCCc2cccs2)nc2ccsc2c1=O. The van der Waals surface area contributed by atoms with Crippen LogP contribution in [0.1, 0.15) is 11.8 Å². The number of amides is 3. The molecule has 142 valence electrons. The lowest BCUT2D eigenvalue weighted by Gasteiger charge is -2.10. The van der Waals surface area contributed by atoms with E-state index in [4.69, 9.17) is 0 Å². The van der Waals surface area contributed by atoms with Crippen molar-refractivity contribution < 1.29 is 9.59 Å². The fourth-order valence-corrected chi connectivity index (χ4v) is 4.75. The molecule has 2 N–H and O–H groups in total. The van der Waals surface area contributed by atoms with Gasteiger partial charge in [-0.25, -0.2) is 9.78 Å². The van der Waals surface area contributed by atoms with Crippen molar-refractivity contribution in [3.63, 3.8) is 0 Å². The first-order valence-electron chi connectivity index (χ1n) is 8.29. The van der Waals surface area contributed by atoms with Gasteiger partial charge in [-0.1, -0.05) is 17.8 Å². The fraction of sp³-hybridized carbons (Fsp3) is 0.294. The van der Waals surface area contributed by atoms with Crippen molar-refractivity contribution in [1.29, 1.82) is 0 Å². The zero-order valence-corrected chi connectivity index (χ0v) is 17.0. The molecule has 0 aliphatic heterocycles. The third-order valence-electron chi connectivity index (χ3n) is 3.67. The summed E-state index contributed by atoms with van der Waals surface area (Å²) < 4.78 is 2.15. The Morgan fingerprint density at radius 3 is 2.85 bits per heavy atom. The highest BCUT2D eigenvalue weighted by Gasteiger charge is 2.14. The van der Waals surface area contributed by atoms with Gasteiger partial charge in [-0.15, -0.1) is 22.7 Å². The number of thioether (sulfide) groups is 1. The van der Waals surface area contributed by atoms with E-state index in [2.05, 4.69) is 15.6 Å². The van der Waals surface area contributed by atoms with Gasteiger partial charge in [0.25, 0.3) is 5.56 Å². The number of carbonyl (C=O) groups excluding carboxylic acids is 2. The smallest absolute Gasteiger partial charge is 0.321 e. The Morgan fingerprint density at radius 2 is 2.11 bits per heavy atom. The van der Waals surface area contributed by atoms with Gasteiger partial charge >= 0.3 is 6.03 Å². The van der Waals surface area contributed by atoms with Crippen LogP contribution < -0.4 is 16.2 Å². The quantitative estimate of drug-likeness (QED) is 0.451. The lowest BCUT2D eigenvalue weighted by atomic mass is 10.3. The van der Waals surface area contributed by atoms with E-state index in [-0.39, 0.29) is 11.3 Å². The van der Waals surface area contributed by atoms with E-state index in [0.29, 0.717) is 28.5 Å².